The lowest BCUT2D eigenvalue weighted by Gasteiger charge is -2.26. The van der Waals surface area contributed by atoms with E-state index in [0.717, 1.165) is 0 Å². The van der Waals surface area contributed by atoms with Crippen LogP contribution in [0.4, 0.5) is 4.79 Å². The van der Waals surface area contributed by atoms with E-state index in [1.165, 1.54) is 21.6 Å². The van der Waals surface area contributed by atoms with Crippen molar-refractivity contribution in [2.45, 2.75) is 13.0 Å². The zero-order valence-electron chi connectivity index (χ0n) is 10.1. The van der Waals surface area contributed by atoms with Crippen LogP contribution in [0.3, 0.4) is 0 Å². The van der Waals surface area contributed by atoms with Gasteiger partial charge >= 0.3 is 12.0 Å². The minimum absolute atomic E-state index is 0.248. The number of ether oxygens (including phenoxy) is 1. The van der Waals surface area contributed by atoms with Gasteiger partial charge in [-0.1, -0.05) is 0 Å². The SMILES string of the molecule is CCOCCN(C)C(=O)N1CSCC1C(=O)O. The fraction of sp³-hybridized carbons (Fsp3) is 0.800. The number of aliphatic carboxylic acids is 1. The van der Waals surface area contributed by atoms with Gasteiger partial charge in [0.15, 0.2) is 0 Å². The summed E-state index contributed by atoms with van der Waals surface area (Å²) < 4.78 is 5.16. The molecule has 1 saturated heterocycles. The number of carboxylic acid groups (broad SMARTS) is 1. The highest BCUT2D eigenvalue weighted by Crippen LogP contribution is 2.22. The number of carbonyl (C=O) groups is 2. The molecule has 0 bridgehead atoms. The highest BCUT2D eigenvalue weighted by Gasteiger charge is 2.35. The number of thioether (sulfide) groups is 1. The Labute approximate surface area is 105 Å². The minimum Gasteiger partial charge on any atom is -0.480 e. The van der Waals surface area contributed by atoms with Crippen LogP contribution in [-0.4, -0.2) is 71.4 Å². The van der Waals surface area contributed by atoms with E-state index in [9.17, 15) is 9.59 Å². The van der Waals surface area contributed by atoms with Crippen LogP contribution >= 0.6 is 11.8 Å². The first kappa shape index (κ1) is 14.1. The third kappa shape index (κ3) is 3.78. The molecule has 0 aliphatic carbocycles. The Balaban J connectivity index is 2.47. The summed E-state index contributed by atoms with van der Waals surface area (Å²) in [6, 6.07) is -0.954. The van der Waals surface area contributed by atoms with Crippen LogP contribution in [0.15, 0.2) is 0 Å². The Hall–Kier alpha value is -0.950. The largest absolute Gasteiger partial charge is 0.480 e. The second-order valence-corrected chi connectivity index (χ2v) is 4.72. The summed E-state index contributed by atoms with van der Waals surface area (Å²) in [7, 11) is 1.66. The van der Waals surface area contributed by atoms with Crippen LogP contribution < -0.4 is 0 Å². The lowest BCUT2D eigenvalue weighted by Crippen LogP contribution is -2.48. The molecule has 1 unspecified atom stereocenters. The second-order valence-electron chi connectivity index (χ2n) is 3.72. The molecule has 0 spiro atoms. The van der Waals surface area contributed by atoms with Crippen molar-refractivity contribution in [1.29, 1.82) is 0 Å². The number of carbonyl (C=O) groups excluding carboxylic acids is 1. The minimum atomic E-state index is -0.943. The third-order valence-corrected chi connectivity index (χ3v) is 3.53. The molecule has 1 aliphatic rings. The van der Waals surface area contributed by atoms with Crippen molar-refractivity contribution in [3.05, 3.63) is 0 Å². The van der Waals surface area contributed by atoms with Crippen molar-refractivity contribution in [2.24, 2.45) is 0 Å². The van der Waals surface area contributed by atoms with Crippen molar-refractivity contribution in [3.8, 4) is 0 Å². The number of nitrogens with zero attached hydrogens (tertiary/aromatic N) is 2. The number of rotatable bonds is 5. The second kappa shape index (κ2) is 6.70. The van der Waals surface area contributed by atoms with E-state index in [1.807, 2.05) is 6.92 Å². The molecule has 2 amide bonds. The van der Waals surface area contributed by atoms with E-state index in [1.54, 1.807) is 7.05 Å². The molecule has 1 rings (SSSR count). The molecule has 17 heavy (non-hydrogen) atoms. The van der Waals surface area contributed by atoms with Crippen molar-refractivity contribution in [3.63, 3.8) is 0 Å². The van der Waals surface area contributed by atoms with Crippen molar-refractivity contribution >= 4 is 23.8 Å². The van der Waals surface area contributed by atoms with Crippen LogP contribution in [0.25, 0.3) is 0 Å². The van der Waals surface area contributed by atoms with Gasteiger partial charge in [-0.05, 0) is 6.92 Å². The smallest absolute Gasteiger partial charge is 0.327 e. The van der Waals surface area contributed by atoms with Crippen LogP contribution in [0.5, 0.6) is 0 Å². The monoisotopic (exact) mass is 262 g/mol. The Kier molecular flexibility index (Phi) is 5.57. The van der Waals surface area contributed by atoms with Gasteiger partial charge in [0.1, 0.15) is 6.04 Å². The fourth-order valence-electron chi connectivity index (χ4n) is 1.50. The van der Waals surface area contributed by atoms with E-state index in [-0.39, 0.29) is 6.03 Å². The number of urea groups is 1. The Morgan fingerprint density at radius 1 is 1.59 bits per heavy atom. The molecule has 1 aliphatic heterocycles. The predicted molar refractivity (Wildman–Crippen MR) is 65.1 cm³/mol. The molecule has 1 atom stereocenters. The molecular weight excluding hydrogens is 244 g/mol. The number of carboxylic acids is 1. The molecule has 98 valence electrons. The molecule has 1 fully saturated rings. The van der Waals surface area contributed by atoms with E-state index < -0.39 is 12.0 Å². The maximum absolute atomic E-state index is 12.0. The first-order chi connectivity index (χ1) is 8.07. The summed E-state index contributed by atoms with van der Waals surface area (Å²) in [5.74, 6) is -0.0450. The highest BCUT2D eigenvalue weighted by molar-refractivity contribution is 7.99. The highest BCUT2D eigenvalue weighted by atomic mass is 32.2. The molecule has 1 heterocycles. The number of hydrogen-bond donors (Lipinski definition) is 1. The van der Waals surface area contributed by atoms with E-state index in [0.29, 0.717) is 31.4 Å². The van der Waals surface area contributed by atoms with Crippen LogP contribution in [0, 0.1) is 0 Å². The molecular formula is C10H18N2O4S. The lowest BCUT2D eigenvalue weighted by atomic mass is 10.3. The van der Waals surface area contributed by atoms with E-state index >= 15 is 0 Å². The molecule has 0 aromatic rings. The molecule has 0 saturated carbocycles. The van der Waals surface area contributed by atoms with Gasteiger partial charge in [0.2, 0.25) is 0 Å². The number of hydrogen-bond acceptors (Lipinski definition) is 4. The van der Waals surface area contributed by atoms with Crippen molar-refractivity contribution < 1.29 is 19.4 Å². The lowest BCUT2D eigenvalue weighted by molar-refractivity contribution is -0.140. The summed E-state index contributed by atoms with van der Waals surface area (Å²) in [5, 5.41) is 8.98. The third-order valence-electron chi connectivity index (χ3n) is 2.51. The Morgan fingerprint density at radius 2 is 2.29 bits per heavy atom. The predicted octanol–water partition coefficient (Wildman–Crippen LogP) is 0.534. The van der Waals surface area contributed by atoms with Gasteiger partial charge in [-0.25, -0.2) is 9.59 Å². The van der Waals surface area contributed by atoms with Crippen LogP contribution in [-0.2, 0) is 9.53 Å². The zero-order chi connectivity index (χ0) is 12.8. The molecule has 0 aromatic carbocycles. The normalized spacial score (nSPS) is 19.4. The van der Waals surface area contributed by atoms with Gasteiger partial charge in [0.05, 0.1) is 12.5 Å². The summed E-state index contributed by atoms with van der Waals surface area (Å²) in [4.78, 5) is 25.8. The molecule has 0 radical (unpaired) electrons. The Bertz CT molecular complexity index is 287. The van der Waals surface area contributed by atoms with Gasteiger partial charge in [-0.15, -0.1) is 11.8 Å². The zero-order valence-corrected chi connectivity index (χ0v) is 10.9. The summed E-state index contributed by atoms with van der Waals surface area (Å²) >= 11 is 1.46. The van der Waals surface area contributed by atoms with Gasteiger partial charge in [0.25, 0.3) is 0 Å². The average Bonchev–Trinajstić information content (AvgIpc) is 2.77. The summed E-state index contributed by atoms with van der Waals surface area (Å²) in [6.07, 6.45) is 0. The maximum Gasteiger partial charge on any atom is 0.327 e. The van der Waals surface area contributed by atoms with Crippen molar-refractivity contribution in [1.82, 2.24) is 9.80 Å². The first-order valence-corrected chi connectivity index (χ1v) is 6.63. The quantitative estimate of drug-likeness (QED) is 0.732. The van der Waals surface area contributed by atoms with E-state index in [4.69, 9.17) is 9.84 Å². The number of likely N-dealkylation sites (N-methyl/N-ethyl adjacent to an activating group) is 1. The first-order valence-electron chi connectivity index (χ1n) is 5.48. The Morgan fingerprint density at radius 3 is 2.88 bits per heavy atom. The summed E-state index contributed by atoms with van der Waals surface area (Å²) in [6.45, 7) is 3.44. The van der Waals surface area contributed by atoms with Gasteiger partial charge < -0.3 is 19.6 Å². The number of amides is 2. The molecule has 0 aromatic heterocycles. The van der Waals surface area contributed by atoms with Crippen LogP contribution in [0.2, 0.25) is 0 Å². The topological polar surface area (TPSA) is 70.1 Å². The fourth-order valence-corrected chi connectivity index (χ4v) is 2.63. The maximum atomic E-state index is 12.0. The summed E-state index contributed by atoms with van der Waals surface area (Å²) in [5.41, 5.74) is 0. The van der Waals surface area contributed by atoms with Crippen molar-refractivity contribution in [2.75, 3.05) is 38.4 Å². The van der Waals surface area contributed by atoms with E-state index in [2.05, 4.69) is 0 Å². The van der Waals surface area contributed by atoms with Crippen LogP contribution in [0.1, 0.15) is 6.92 Å². The molecule has 1 N–H and O–H groups in total. The van der Waals surface area contributed by atoms with Gasteiger partial charge in [0, 0.05) is 26.0 Å². The van der Waals surface area contributed by atoms with Gasteiger partial charge in [-0.3, -0.25) is 0 Å². The van der Waals surface area contributed by atoms with Gasteiger partial charge in [-0.2, -0.15) is 0 Å². The standard InChI is InChI=1S/C10H18N2O4S/c1-3-16-5-4-11(2)10(15)12-7-17-6-8(12)9(13)14/h8H,3-7H2,1-2H3,(H,13,14). The average molecular weight is 262 g/mol. The molecule has 7 heteroatoms. The molecule has 6 nitrogen and oxygen atoms in total.